The molecule has 0 bridgehead atoms. The van der Waals surface area contributed by atoms with E-state index in [1.165, 1.54) is 90.5 Å². The third kappa shape index (κ3) is 9.66. The van der Waals surface area contributed by atoms with Crippen LogP contribution < -0.4 is 10.9 Å². The second kappa shape index (κ2) is 17.7. The lowest BCUT2D eigenvalue weighted by molar-refractivity contribution is 0.00578. The average Bonchev–Trinajstić information content (AvgIpc) is 3.50. The first-order valence-electron chi connectivity index (χ1n) is 21.3. The minimum Gasteiger partial charge on any atom is -0.399 e. The monoisotopic (exact) mass is 733 g/mol. The van der Waals surface area contributed by atoms with Crippen LogP contribution in [-0.2, 0) is 31.5 Å². The zero-order valence-electron chi connectivity index (χ0n) is 35.9. The summed E-state index contributed by atoms with van der Waals surface area (Å²) in [6.45, 7) is 26.1. The summed E-state index contributed by atoms with van der Waals surface area (Å²) in [7, 11) is -0.728. The van der Waals surface area contributed by atoms with Crippen molar-refractivity contribution >= 4 is 46.7 Å². The van der Waals surface area contributed by atoms with Gasteiger partial charge in [0.05, 0.1) is 22.4 Å². The molecule has 2 aliphatic heterocycles. The van der Waals surface area contributed by atoms with Crippen molar-refractivity contribution in [2.75, 3.05) is 0 Å². The molecule has 54 heavy (non-hydrogen) atoms. The highest BCUT2D eigenvalue weighted by Crippen LogP contribution is 2.38. The van der Waals surface area contributed by atoms with E-state index >= 15 is 0 Å². The Labute approximate surface area is 329 Å². The summed E-state index contributed by atoms with van der Waals surface area (Å²) in [5.41, 5.74) is 3.63. The van der Waals surface area contributed by atoms with Crippen molar-refractivity contribution in [2.45, 2.75) is 170 Å². The topological polar surface area (TPSA) is 36.9 Å². The molecule has 0 saturated carbocycles. The normalized spacial score (nSPS) is 19.6. The molecule has 6 rings (SSSR count). The Morgan fingerprint density at radius 2 is 0.981 bits per heavy atom. The van der Waals surface area contributed by atoms with Crippen LogP contribution in [-0.4, -0.2) is 36.6 Å². The van der Waals surface area contributed by atoms with E-state index in [1.54, 1.807) is 0 Å². The van der Waals surface area contributed by atoms with Crippen LogP contribution >= 0.6 is 0 Å². The van der Waals surface area contributed by atoms with Crippen LogP contribution in [0.2, 0.25) is 0 Å². The highest BCUT2D eigenvalue weighted by molar-refractivity contribution is 6.63. The predicted molar refractivity (Wildman–Crippen MR) is 233 cm³/mol. The Hall–Kier alpha value is -2.63. The molecule has 0 aliphatic carbocycles. The summed E-state index contributed by atoms with van der Waals surface area (Å²) in [5.74, 6) is 1.50. The SMILES string of the molecule is CCCCC(CC)Cc1cc(B2OC(C)(C)C(C)(C)O2)cc2ccc(B3OC(C)(C)C(C)(C)O3)cc12.CCCCC(CC)Cc1cccc2ccccc12. The molecule has 2 unspecified atom stereocenters. The van der Waals surface area contributed by atoms with Crippen molar-refractivity contribution < 1.29 is 18.6 Å². The number of rotatable bonds is 14. The maximum Gasteiger partial charge on any atom is 0.494 e. The van der Waals surface area contributed by atoms with Crippen molar-refractivity contribution in [2.24, 2.45) is 11.8 Å². The first-order chi connectivity index (χ1) is 25.5. The number of unbranched alkanes of at least 4 members (excludes halogenated alkanes) is 2. The number of hydrogen-bond donors (Lipinski definition) is 0. The van der Waals surface area contributed by atoms with E-state index in [4.69, 9.17) is 18.6 Å². The first kappa shape index (κ1) is 42.5. The molecule has 292 valence electrons. The van der Waals surface area contributed by atoms with E-state index in [1.807, 2.05) is 0 Å². The predicted octanol–water partition coefficient (Wildman–Crippen LogP) is 11.8. The van der Waals surface area contributed by atoms with E-state index < -0.39 is 0 Å². The van der Waals surface area contributed by atoms with Gasteiger partial charge >= 0.3 is 14.2 Å². The van der Waals surface area contributed by atoms with Gasteiger partial charge in [0, 0.05) is 0 Å². The van der Waals surface area contributed by atoms with Crippen molar-refractivity contribution in [3.63, 3.8) is 0 Å². The summed E-state index contributed by atoms with van der Waals surface area (Å²) in [4.78, 5) is 0. The second-order valence-electron chi connectivity index (χ2n) is 18.2. The molecule has 4 nitrogen and oxygen atoms in total. The summed E-state index contributed by atoms with van der Waals surface area (Å²) in [6, 6.07) is 26.7. The number of fused-ring (bicyclic) bond motifs is 2. The lowest BCUT2D eigenvalue weighted by Gasteiger charge is -2.32. The van der Waals surface area contributed by atoms with Crippen molar-refractivity contribution in [3.05, 3.63) is 83.9 Å². The Morgan fingerprint density at radius 3 is 1.52 bits per heavy atom. The van der Waals surface area contributed by atoms with E-state index in [0.717, 1.165) is 23.3 Å². The van der Waals surface area contributed by atoms with Gasteiger partial charge in [0.2, 0.25) is 0 Å². The van der Waals surface area contributed by atoms with Gasteiger partial charge in [-0.1, -0.05) is 152 Å². The molecule has 0 aromatic heterocycles. The Morgan fingerprint density at radius 1 is 0.481 bits per heavy atom. The molecule has 2 fully saturated rings. The molecule has 2 heterocycles. The maximum atomic E-state index is 6.44. The molecule has 2 aliphatic rings. The van der Waals surface area contributed by atoms with Gasteiger partial charge in [0.1, 0.15) is 0 Å². The Kier molecular flexibility index (Phi) is 13.9. The van der Waals surface area contributed by atoms with Gasteiger partial charge in [0.15, 0.2) is 0 Å². The zero-order valence-corrected chi connectivity index (χ0v) is 35.9. The van der Waals surface area contributed by atoms with Crippen LogP contribution in [0.4, 0.5) is 0 Å². The van der Waals surface area contributed by atoms with Crippen LogP contribution in [0.25, 0.3) is 21.5 Å². The standard InChI is InChI=1S/C30H46B2O4.C18H24/c1-11-13-14-21(12-2)17-23-19-25(32-35-29(7,8)30(9,10)36-32)18-22-15-16-24(20-26(22)23)31-33-27(3,4)28(5,6)34-31;1-3-5-9-15(4-2)14-17-12-8-11-16-10-6-7-13-18(16)17/h15-16,18-21H,11-14,17H2,1-10H3;6-8,10-13,15H,3-5,9,14H2,1-2H3. The Bertz CT molecular complexity index is 1790. The van der Waals surface area contributed by atoms with Crippen LogP contribution in [0.15, 0.2) is 72.8 Å². The molecular formula is C48H70B2O4. The van der Waals surface area contributed by atoms with Gasteiger partial charge in [-0.2, -0.15) is 0 Å². The summed E-state index contributed by atoms with van der Waals surface area (Å²) < 4.78 is 25.6. The van der Waals surface area contributed by atoms with Crippen molar-refractivity contribution in [1.29, 1.82) is 0 Å². The third-order valence-corrected chi connectivity index (χ3v) is 13.1. The minimum atomic E-state index is -0.364. The first-order valence-corrected chi connectivity index (χ1v) is 21.3. The van der Waals surface area contributed by atoms with Crippen LogP contribution in [0.3, 0.4) is 0 Å². The average molecular weight is 733 g/mol. The largest absolute Gasteiger partial charge is 0.494 e. The summed E-state index contributed by atoms with van der Waals surface area (Å²) in [6.07, 6.45) is 12.6. The quantitative estimate of drug-likeness (QED) is 0.121. The number of benzene rings is 4. The molecule has 0 radical (unpaired) electrons. The lowest BCUT2D eigenvalue weighted by Crippen LogP contribution is -2.41. The lowest BCUT2D eigenvalue weighted by atomic mass is 9.74. The molecule has 2 atom stereocenters. The van der Waals surface area contributed by atoms with E-state index in [0.29, 0.717) is 5.92 Å². The molecule has 0 spiro atoms. The molecule has 4 aromatic rings. The fraction of sp³-hybridized carbons (Fsp3) is 0.583. The molecule has 6 heteroatoms. The van der Waals surface area contributed by atoms with Gasteiger partial charge in [-0.25, -0.2) is 0 Å². The number of hydrogen-bond acceptors (Lipinski definition) is 4. The van der Waals surface area contributed by atoms with Gasteiger partial charge < -0.3 is 18.6 Å². The molecule has 4 aromatic carbocycles. The molecule has 2 saturated heterocycles. The van der Waals surface area contributed by atoms with E-state index in [9.17, 15) is 0 Å². The van der Waals surface area contributed by atoms with Crippen LogP contribution in [0, 0.1) is 11.8 Å². The fourth-order valence-corrected chi connectivity index (χ4v) is 7.87. The Balaban J connectivity index is 0.000000260. The highest BCUT2D eigenvalue weighted by atomic mass is 16.7. The van der Waals surface area contributed by atoms with Gasteiger partial charge in [0.25, 0.3) is 0 Å². The van der Waals surface area contributed by atoms with Gasteiger partial charge in [-0.15, -0.1) is 0 Å². The van der Waals surface area contributed by atoms with Crippen molar-refractivity contribution in [1.82, 2.24) is 0 Å². The van der Waals surface area contributed by atoms with E-state index in [2.05, 4.69) is 156 Å². The van der Waals surface area contributed by atoms with E-state index in [-0.39, 0.29) is 36.6 Å². The smallest absolute Gasteiger partial charge is 0.399 e. The minimum absolute atomic E-state index is 0.358. The molecular weight excluding hydrogens is 662 g/mol. The maximum absolute atomic E-state index is 6.44. The second-order valence-corrected chi connectivity index (χ2v) is 18.2. The van der Waals surface area contributed by atoms with Crippen LogP contribution in [0.1, 0.15) is 146 Å². The summed E-state index contributed by atoms with van der Waals surface area (Å²) >= 11 is 0. The van der Waals surface area contributed by atoms with Crippen molar-refractivity contribution in [3.8, 4) is 0 Å². The molecule has 0 N–H and O–H groups in total. The van der Waals surface area contributed by atoms with Gasteiger partial charge in [-0.3, -0.25) is 0 Å². The summed E-state index contributed by atoms with van der Waals surface area (Å²) in [5, 5.41) is 5.30. The van der Waals surface area contributed by atoms with Gasteiger partial charge in [-0.05, 0) is 124 Å². The third-order valence-electron chi connectivity index (χ3n) is 13.1. The highest BCUT2D eigenvalue weighted by Gasteiger charge is 2.53. The molecule has 0 amide bonds. The zero-order chi connectivity index (χ0) is 39.3. The van der Waals surface area contributed by atoms with Crippen LogP contribution in [0.5, 0.6) is 0 Å². The fourth-order valence-electron chi connectivity index (χ4n) is 7.87.